The molecule has 0 radical (unpaired) electrons. The molecule has 0 atom stereocenters. The van der Waals surface area contributed by atoms with Crippen LogP contribution in [0.4, 0.5) is 0 Å². The van der Waals surface area contributed by atoms with Gasteiger partial charge in [0.25, 0.3) is 0 Å². The Morgan fingerprint density at radius 2 is 1.19 bits per heavy atom. The molecule has 0 amide bonds. The number of rotatable bonds is 1. The molecular weight excluding hydrogens is 326 g/mol. The molecule has 1 heterocycles. The highest BCUT2D eigenvalue weighted by atomic mass is 14.9. The lowest BCUT2D eigenvalue weighted by molar-refractivity contribution is 1.00. The van der Waals surface area contributed by atoms with Gasteiger partial charge in [0.05, 0.1) is 0 Å². The number of para-hydroxylation sites is 1. The van der Waals surface area contributed by atoms with Crippen LogP contribution in [0.25, 0.3) is 32.9 Å². The average molecular weight is 345 g/mol. The first-order valence-electron chi connectivity index (χ1n) is 9.48. The molecule has 0 saturated heterocycles. The molecule has 128 valence electrons. The molecule has 0 unspecified atom stereocenters. The van der Waals surface area contributed by atoms with E-state index in [4.69, 9.17) is 0 Å². The van der Waals surface area contributed by atoms with Crippen molar-refractivity contribution < 1.29 is 0 Å². The molecule has 1 aliphatic rings. The molecule has 1 aromatic heterocycles. The zero-order valence-electron chi connectivity index (χ0n) is 15.2. The number of benzene rings is 4. The van der Waals surface area contributed by atoms with Gasteiger partial charge in [0.15, 0.2) is 0 Å². The van der Waals surface area contributed by atoms with E-state index in [9.17, 15) is 0 Å². The number of aryl methyl sites for hydroxylation is 1. The van der Waals surface area contributed by atoms with Crippen LogP contribution in [0.15, 0.2) is 91.0 Å². The van der Waals surface area contributed by atoms with E-state index in [0.29, 0.717) is 5.92 Å². The van der Waals surface area contributed by atoms with Crippen LogP contribution in [-0.4, -0.2) is 4.57 Å². The highest BCUT2D eigenvalue weighted by Gasteiger charge is 2.29. The Balaban J connectivity index is 1.66. The Kier molecular flexibility index (Phi) is 2.93. The maximum absolute atomic E-state index is 2.40. The van der Waals surface area contributed by atoms with Crippen molar-refractivity contribution in [3.8, 4) is 11.1 Å². The van der Waals surface area contributed by atoms with Crippen molar-refractivity contribution in [3.05, 3.63) is 108 Å². The number of fused-ring (bicyclic) bond motifs is 6. The van der Waals surface area contributed by atoms with Crippen molar-refractivity contribution in [2.75, 3.05) is 0 Å². The van der Waals surface area contributed by atoms with Gasteiger partial charge in [0.1, 0.15) is 0 Å². The van der Waals surface area contributed by atoms with Crippen LogP contribution in [0.5, 0.6) is 0 Å². The fraction of sp³-hybridized carbons (Fsp3) is 0.0769. The van der Waals surface area contributed by atoms with Gasteiger partial charge in [0.2, 0.25) is 0 Å². The molecule has 5 aromatic rings. The van der Waals surface area contributed by atoms with Gasteiger partial charge in [-0.2, -0.15) is 0 Å². The van der Waals surface area contributed by atoms with Crippen molar-refractivity contribution in [1.82, 2.24) is 4.57 Å². The van der Waals surface area contributed by atoms with Gasteiger partial charge in [-0.25, -0.2) is 0 Å². The molecule has 1 heteroatoms. The minimum absolute atomic E-state index is 0.306. The smallest absolute Gasteiger partial charge is 0.0488 e. The van der Waals surface area contributed by atoms with Gasteiger partial charge in [-0.05, 0) is 46.0 Å². The lowest BCUT2D eigenvalue weighted by Crippen LogP contribution is -1.99. The van der Waals surface area contributed by atoms with Gasteiger partial charge >= 0.3 is 0 Å². The summed E-state index contributed by atoms with van der Waals surface area (Å²) in [6.07, 6.45) is 0. The van der Waals surface area contributed by atoms with Crippen molar-refractivity contribution >= 4 is 21.8 Å². The van der Waals surface area contributed by atoms with E-state index in [-0.39, 0.29) is 0 Å². The second-order valence-electron chi connectivity index (χ2n) is 7.46. The molecular formula is C26H19N. The number of hydrogen-bond acceptors (Lipinski definition) is 0. The van der Waals surface area contributed by atoms with Crippen molar-refractivity contribution in [2.45, 2.75) is 5.92 Å². The molecule has 1 aliphatic carbocycles. The van der Waals surface area contributed by atoms with Crippen molar-refractivity contribution in [2.24, 2.45) is 7.05 Å². The molecule has 1 nitrogen and oxygen atoms in total. The standard InChI is InChI=1S/C26H19N/c1-27-24-13-7-6-10-20(24)23-16-17(14-15-25(23)27)26-21-11-4-2-8-18(21)19-9-3-5-12-22(19)26/h2-16,26H,1H3. The lowest BCUT2D eigenvalue weighted by atomic mass is 9.88. The second-order valence-corrected chi connectivity index (χ2v) is 7.46. The zero-order valence-corrected chi connectivity index (χ0v) is 15.2. The first-order chi connectivity index (χ1) is 13.3. The van der Waals surface area contributed by atoms with E-state index in [1.807, 2.05) is 0 Å². The Morgan fingerprint density at radius 1 is 0.593 bits per heavy atom. The van der Waals surface area contributed by atoms with Gasteiger partial charge in [-0.1, -0.05) is 72.8 Å². The van der Waals surface area contributed by atoms with Crippen LogP contribution in [0.3, 0.4) is 0 Å². The summed E-state index contributed by atoms with van der Waals surface area (Å²) in [6.45, 7) is 0. The zero-order chi connectivity index (χ0) is 18.0. The predicted molar refractivity (Wildman–Crippen MR) is 113 cm³/mol. The summed E-state index contributed by atoms with van der Waals surface area (Å²) in [4.78, 5) is 0. The van der Waals surface area contributed by atoms with E-state index in [2.05, 4.69) is 103 Å². The van der Waals surface area contributed by atoms with Gasteiger partial charge in [0, 0.05) is 34.8 Å². The Hall–Kier alpha value is -3.32. The van der Waals surface area contributed by atoms with Crippen LogP contribution in [0, 0.1) is 0 Å². The van der Waals surface area contributed by atoms with E-state index in [1.54, 1.807) is 0 Å². The normalized spacial score (nSPS) is 13.2. The summed E-state index contributed by atoms with van der Waals surface area (Å²) >= 11 is 0. The van der Waals surface area contributed by atoms with Gasteiger partial charge < -0.3 is 4.57 Å². The van der Waals surface area contributed by atoms with Crippen molar-refractivity contribution in [3.63, 3.8) is 0 Å². The molecule has 6 rings (SSSR count). The fourth-order valence-corrected chi connectivity index (χ4v) is 4.88. The number of hydrogen-bond donors (Lipinski definition) is 0. The molecule has 4 aromatic carbocycles. The third kappa shape index (κ3) is 1.94. The van der Waals surface area contributed by atoms with Gasteiger partial charge in [-0.15, -0.1) is 0 Å². The first kappa shape index (κ1) is 14.8. The van der Waals surface area contributed by atoms with Crippen LogP contribution >= 0.6 is 0 Å². The van der Waals surface area contributed by atoms with Crippen molar-refractivity contribution in [1.29, 1.82) is 0 Å². The van der Waals surface area contributed by atoms with E-state index in [1.165, 1.54) is 49.6 Å². The summed E-state index contributed by atoms with van der Waals surface area (Å²) in [7, 11) is 2.16. The highest BCUT2D eigenvalue weighted by Crippen LogP contribution is 2.48. The SMILES string of the molecule is Cn1c2ccccc2c2cc(C3c4ccccc4-c4ccccc43)ccc21. The summed E-state index contributed by atoms with van der Waals surface area (Å²) < 4.78 is 2.30. The topological polar surface area (TPSA) is 4.93 Å². The Labute approximate surface area is 158 Å². The van der Waals surface area contributed by atoms with Crippen LogP contribution < -0.4 is 0 Å². The monoisotopic (exact) mass is 345 g/mol. The fourth-order valence-electron chi connectivity index (χ4n) is 4.88. The number of aromatic nitrogens is 1. The summed E-state index contributed by atoms with van der Waals surface area (Å²) in [6, 6.07) is 33.4. The molecule has 0 N–H and O–H groups in total. The van der Waals surface area contributed by atoms with E-state index in [0.717, 1.165) is 0 Å². The average Bonchev–Trinajstić information content (AvgIpc) is 3.21. The molecule has 0 saturated carbocycles. The Morgan fingerprint density at radius 3 is 1.93 bits per heavy atom. The number of nitrogens with zero attached hydrogens (tertiary/aromatic N) is 1. The summed E-state index contributed by atoms with van der Waals surface area (Å²) in [5.41, 5.74) is 9.52. The van der Waals surface area contributed by atoms with Gasteiger partial charge in [-0.3, -0.25) is 0 Å². The molecule has 27 heavy (non-hydrogen) atoms. The second kappa shape index (κ2) is 5.34. The third-order valence-corrected chi connectivity index (χ3v) is 6.10. The Bertz CT molecular complexity index is 1290. The molecule has 0 bridgehead atoms. The minimum atomic E-state index is 0.306. The highest BCUT2D eigenvalue weighted by molar-refractivity contribution is 6.08. The molecule has 0 fully saturated rings. The van der Waals surface area contributed by atoms with E-state index >= 15 is 0 Å². The summed E-state index contributed by atoms with van der Waals surface area (Å²) in [5.74, 6) is 0.306. The predicted octanol–water partition coefficient (Wildman–Crippen LogP) is 6.49. The van der Waals surface area contributed by atoms with E-state index < -0.39 is 0 Å². The quantitative estimate of drug-likeness (QED) is 0.321. The minimum Gasteiger partial charge on any atom is -0.344 e. The molecule has 0 aliphatic heterocycles. The third-order valence-electron chi connectivity index (χ3n) is 6.10. The molecule has 0 spiro atoms. The van der Waals surface area contributed by atoms with Crippen LogP contribution in [0.1, 0.15) is 22.6 Å². The van der Waals surface area contributed by atoms with Crippen LogP contribution in [0.2, 0.25) is 0 Å². The van der Waals surface area contributed by atoms with Crippen LogP contribution in [-0.2, 0) is 7.05 Å². The summed E-state index contributed by atoms with van der Waals surface area (Å²) in [5, 5.41) is 2.67. The lowest BCUT2D eigenvalue weighted by Gasteiger charge is -2.15. The maximum atomic E-state index is 2.40. The maximum Gasteiger partial charge on any atom is 0.0488 e. The largest absolute Gasteiger partial charge is 0.344 e. The first-order valence-corrected chi connectivity index (χ1v) is 9.48.